The van der Waals surface area contributed by atoms with Gasteiger partial charge >= 0.3 is 0 Å². The first-order chi connectivity index (χ1) is 16.4. The number of tetrazole rings is 1. The minimum atomic E-state index is -0.247. The normalized spacial score (nSPS) is 26.7. The summed E-state index contributed by atoms with van der Waals surface area (Å²) < 4.78 is 1.54. The molecule has 2 fully saturated rings. The lowest BCUT2D eigenvalue weighted by Crippen LogP contribution is -2.43. The van der Waals surface area contributed by atoms with Crippen molar-refractivity contribution in [2.75, 3.05) is 13.6 Å². The van der Waals surface area contributed by atoms with E-state index in [1.165, 1.54) is 6.33 Å². The van der Waals surface area contributed by atoms with Gasteiger partial charge in [0.2, 0.25) is 5.91 Å². The Kier molecular flexibility index (Phi) is 6.06. The van der Waals surface area contributed by atoms with Gasteiger partial charge in [-0.1, -0.05) is 6.07 Å². The Bertz CT molecular complexity index is 1080. The number of rotatable bonds is 5. The molecule has 0 N–H and O–H groups in total. The number of pyridine rings is 1. The van der Waals surface area contributed by atoms with E-state index in [2.05, 4.69) is 45.4 Å². The number of Topliss-reactive ketones (excluding diaryl/α,β-unsaturated/α-hetero) is 1. The van der Waals surface area contributed by atoms with Crippen molar-refractivity contribution < 1.29 is 9.59 Å². The molecule has 1 atom stereocenters. The lowest BCUT2D eigenvalue weighted by Gasteiger charge is -2.41. The summed E-state index contributed by atoms with van der Waals surface area (Å²) in [5.41, 5.74) is 2.69. The molecule has 0 unspecified atom stereocenters. The van der Waals surface area contributed by atoms with Gasteiger partial charge in [-0.25, -0.2) is 4.98 Å². The smallest absolute Gasteiger partial charge is 0.233 e. The molecule has 1 saturated heterocycles. The standard InChI is InChI=1S/C25H33N7O2/c1-17-21(5-4-6-22(17)33)31-14-13-25(24(31)34)11-9-20(10-12-25)30(3)18(2)19-7-8-23(26-15-19)32-16-27-28-29-32/h7-8,15-16,18,20H,4-6,9-14H2,1-3H3/t18-,20?,25?/m1/s1. The van der Waals surface area contributed by atoms with Gasteiger partial charge in [0.1, 0.15) is 6.33 Å². The third-order valence-corrected chi connectivity index (χ3v) is 8.44. The number of amides is 1. The fourth-order valence-electron chi connectivity index (χ4n) is 5.99. The number of likely N-dealkylation sites (tertiary alicyclic amines) is 1. The highest BCUT2D eigenvalue weighted by molar-refractivity contribution is 5.97. The van der Waals surface area contributed by atoms with Crippen LogP contribution in [0.5, 0.6) is 0 Å². The second kappa shape index (κ2) is 9.02. The fourth-order valence-corrected chi connectivity index (χ4v) is 5.99. The minimum absolute atomic E-state index is 0.204. The lowest BCUT2D eigenvalue weighted by molar-refractivity contribution is -0.136. The summed E-state index contributed by atoms with van der Waals surface area (Å²) in [6.07, 6.45) is 10.5. The summed E-state index contributed by atoms with van der Waals surface area (Å²) in [5.74, 6) is 1.15. The highest BCUT2D eigenvalue weighted by Crippen LogP contribution is 2.48. The number of nitrogens with zero attached hydrogens (tertiary/aromatic N) is 7. The summed E-state index contributed by atoms with van der Waals surface area (Å²) in [4.78, 5) is 34.6. The van der Waals surface area contributed by atoms with E-state index in [4.69, 9.17) is 0 Å². The number of carbonyl (C=O) groups excluding carboxylic acids is 2. The zero-order valence-electron chi connectivity index (χ0n) is 20.3. The van der Waals surface area contributed by atoms with Crippen LogP contribution in [0.25, 0.3) is 5.82 Å². The van der Waals surface area contributed by atoms with E-state index in [0.29, 0.717) is 18.3 Å². The molecule has 180 valence electrons. The first kappa shape index (κ1) is 22.8. The van der Waals surface area contributed by atoms with Crippen LogP contribution in [0, 0.1) is 5.41 Å². The molecule has 2 aliphatic carbocycles. The minimum Gasteiger partial charge on any atom is -0.315 e. The Labute approximate surface area is 200 Å². The van der Waals surface area contributed by atoms with Crippen molar-refractivity contribution in [1.82, 2.24) is 35.0 Å². The number of aromatic nitrogens is 5. The van der Waals surface area contributed by atoms with Crippen molar-refractivity contribution in [2.45, 2.75) is 77.3 Å². The molecular formula is C25H33N7O2. The number of carbonyl (C=O) groups is 2. The van der Waals surface area contributed by atoms with Crippen LogP contribution in [0.15, 0.2) is 35.9 Å². The largest absolute Gasteiger partial charge is 0.315 e. The Morgan fingerprint density at radius 2 is 1.94 bits per heavy atom. The number of hydrogen-bond donors (Lipinski definition) is 0. The van der Waals surface area contributed by atoms with Gasteiger partial charge in [0.25, 0.3) is 0 Å². The maximum absolute atomic E-state index is 13.5. The average Bonchev–Trinajstić information content (AvgIpc) is 3.50. The molecule has 0 radical (unpaired) electrons. The molecule has 9 heteroatoms. The monoisotopic (exact) mass is 463 g/mol. The molecule has 9 nitrogen and oxygen atoms in total. The summed E-state index contributed by atoms with van der Waals surface area (Å²) in [5, 5.41) is 11.2. The number of allylic oxidation sites excluding steroid dienone is 2. The van der Waals surface area contributed by atoms with Crippen molar-refractivity contribution in [3.63, 3.8) is 0 Å². The van der Waals surface area contributed by atoms with Gasteiger partial charge in [0, 0.05) is 42.5 Å². The second-order valence-corrected chi connectivity index (χ2v) is 10.1. The van der Waals surface area contributed by atoms with Crippen LogP contribution in [0.2, 0.25) is 0 Å². The molecular weight excluding hydrogens is 430 g/mol. The Balaban J connectivity index is 1.22. The van der Waals surface area contributed by atoms with Crippen LogP contribution in [0.1, 0.15) is 76.8 Å². The molecule has 2 aromatic heterocycles. The van der Waals surface area contributed by atoms with Crippen LogP contribution >= 0.6 is 0 Å². The molecule has 34 heavy (non-hydrogen) atoms. The molecule has 1 spiro atoms. The van der Waals surface area contributed by atoms with E-state index >= 15 is 0 Å². The van der Waals surface area contributed by atoms with Crippen molar-refractivity contribution in [2.24, 2.45) is 5.41 Å². The fraction of sp³-hybridized carbons (Fsp3) is 0.600. The van der Waals surface area contributed by atoms with Gasteiger partial charge in [0.15, 0.2) is 11.6 Å². The average molecular weight is 464 g/mol. The zero-order chi connectivity index (χ0) is 23.9. The van der Waals surface area contributed by atoms with Crippen LogP contribution in [-0.2, 0) is 9.59 Å². The molecule has 3 heterocycles. The molecule has 2 aromatic rings. The van der Waals surface area contributed by atoms with E-state index < -0.39 is 0 Å². The Hall–Kier alpha value is -2.94. The molecule has 3 aliphatic rings. The predicted octanol–water partition coefficient (Wildman–Crippen LogP) is 3.24. The first-order valence-corrected chi connectivity index (χ1v) is 12.4. The Morgan fingerprint density at radius 3 is 2.62 bits per heavy atom. The van der Waals surface area contributed by atoms with E-state index in [1.807, 2.05) is 24.1 Å². The van der Waals surface area contributed by atoms with E-state index in [9.17, 15) is 9.59 Å². The molecule has 0 aromatic carbocycles. The van der Waals surface area contributed by atoms with Gasteiger partial charge < -0.3 is 4.90 Å². The highest BCUT2D eigenvalue weighted by atomic mass is 16.2. The molecule has 0 bridgehead atoms. The van der Waals surface area contributed by atoms with Gasteiger partial charge in [0.05, 0.1) is 5.41 Å². The summed E-state index contributed by atoms with van der Waals surface area (Å²) in [6, 6.07) is 4.66. The molecule has 1 amide bonds. The summed E-state index contributed by atoms with van der Waals surface area (Å²) in [6.45, 7) is 4.86. The van der Waals surface area contributed by atoms with E-state index in [-0.39, 0.29) is 23.1 Å². The van der Waals surface area contributed by atoms with Crippen molar-refractivity contribution in [3.8, 4) is 5.82 Å². The Morgan fingerprint density at radius 1 is 1.15 bits per heavy atom. The van der Waals surface area contributed by atoms with Gasteiger partial charge in [-0.05, 0) is 87.9 Å². The maximum atomic E-state index is 13.5. The molecule has 1 saturated carbocycles. The number of hydrogen-bond acceptors (Lipinski definition) is 7. The summed E-state index contributed by atoms with van der Waals surface area (Å²) in [7, 11) is 2.17. The zero-order valence-corrected chi connectivity index (χ0v) is 20.3. The van der Waals surface area contributed by atoms with Gasteiger partial charge in [-0.3, -0.25) is 14.5 Å². The lowest BCUT2D eigenvalue weighted by atomic mass is 9.71. The topological polar surface area (TPSA) is 97.1 Å². The van der Waals surface area contributed by atoms with Gasteiger partial charge in [-0.15, -0.1) is 5.10 Å². The van der Waals surface area contributed by atoms with Crippen molar-refractivity contribution in [3.05, 3.63) is 41.5 Å². The third kappa shape index (κ3) is 3.96. The summed E-state index contributed by atoms with van der Waals surface area (Å²) >= 11 is 0. The number of ketones is 1. The predicted molar refractivity (Wildman–Crippen MR) is 126 cm³/mol. The highest BCUT2D eigenvalue weighted by Gasteiger charge is 2.50. The van der Waals surface area contributed by atoms with E-state index in [0.717, 1.165) is 68.3 Å². The van der Waals surface area contributed by atoms with Crippen LogP contribution in [0.4, 0.5) is 0 Å². The maximum Gasteiger partial charge on any atom is 0.233 e. The van der Waals surface area contributed by atoms with Crippen molar-refractivity contribution >= 4 is 11.7 Å². The van der Waals surface area contributed by atoms with Crippen LogP contribution in [-0.4, -0.2) is 66.3 Å². The molecule has 1 aliphatic heterocycles. The van der Waals surface area contributed by atoms with Crippen LogP contribution in [0.3, 0.4) is 0 Å². The van der Waals surface area contributed by atoms with Crippen molar-refractivity contribution in [1.29, 1.82) is 0 Å². The van der Waals surface area contributed by atoms with E-state index in [1.54, 1.807) is 4.68 Å². The van der Waals surface area contributed by atoms with Gasteiger partial charge in [-0.2, -0.15) is 4.68 Å². The quantitative estimate of drug-likeness (QED) is 0.671. The molecule has 5 rings (SSSR count). The third-order valence-electron chi connectivity index (χ3n) is 8.44. The first-order valence-electron chi connectivity index (χ1n) is 12.4. The second-order valence-electron chi connectivity index (χ2n) is 10.1. The SMILES string of the molecule is CC1=C(N2CCC3(CCC(N(C)[C@H](C)c4ccc(-n5cnnn5)nc4)CC3)C2=O)CCCC1=O. The van der Waals surface area contributed by atoms with Crippen LogP contribution < -0.4 is 0 Å².